The fourth-order valence-electron chi connectivity index (χ4n) is 2.79. The summed E-state index contributed by atoms with van der Waals surface area (Å²) in [7, 11) is 2.79. The van der Waals surface area contributed by atoms with E-state index in [1.165, 1.54) is 38.5 Å². The first-order valence-corrected chi connectivity index (χ1v) is 8.78. The second kappa shape index (κ2) is 10.0. The number of aromatic hydroxyl groups is 2. The highest BCUT2D eigenvalue weighted by Gasteiger charge is 2.26. The summed E-state index contributed by atoms with van der Waals surface area (Å²) in [5.74, 6) is 0.0989. The fourth-order valence-corrected chi connectivity index (χ4v) is 2.79. The molecule has 0 radical (unpaired) electrons. The molecule has 5 N–H and O–H groups in total. The maximum atomic E-state index is 10.6. The van der Waals surface area contributed by atoms with Crippen LogP contribution < -0.4 is 14.2 Å². The monoisotopic (exact) mass is 394 g/mol. The molecular weight excluding hydrogens is 368 g/mol. The van der Waals surface area contributed by atoms with Crippen molar-refractivity contribution in [1.29, 1.82) is 0 Å². The van der Waals surface area contributed by atoms with E-state index in [2.05, 4.69) is 0 Å². The standard InChI is InChI=1S/C20H26O8/c1-26-16-10-13(5-6-14(16)23)19(25)18(11-22)28-20-15(24)8-12(4-3-7-21)9-17(20)27-2/h5-6,8-10,18-19,21-25H,3-4,7,11H2,1-2H3/t18-,19+/m0/s1. The van der Waals surface area contributed by atoms with Crippen LogP contribution >= 0.6 is 0 Å². The largest absolute Gasteiger partial charge is 0.504 e. The Morgan fingerprint density at radius 3 is 2.25 bits per heavy atom. The molecule has 0 amide bonds. The number of phenols is 2. The van der Waals surface area contributed by atoms with Gasteiger partial charge in [0.25, 0.3) is 0 Å². The summed E-state index contributed by atoms with van der Waals surface area (Å²) >= 11 is 0. The molecule has 2 aromatic carbocycles. The summed E-state index contributed by atoms with van der Waals surface area (Å²) in [4.78, 5) is 0. The fraction of sp³-hybridized carbons (Fsp3) is 0.400. The Balaban J connectivity index is 2.28. The minimum Gasteiger partial charge on any atom is -0.504 e. The van der Waals surface area contributed by atoms with Gasteiger partial charge >= 0.3 is 0 Å². The van der Waals surface area contributed by atoms with Crippen LogP contribution in [0.1, 0.15) is 23.7 Å². The highest BCUT2D eigenvalue weighted by molar-refractivity contribution is 5.53. The normalized spacial score (nSPS) is 13.0. The van der Waals surface area contributed by atoms with Crippen molar-refractivity contribution < 1.29 is 39.7 Å². The molecule has 28 heavy (non-hydrogen) atoms. The molecule has 2 atom stereocenters. The number of phenolic OH excluding ortho intramolecular Hbond substituents is 2. The number of benzene rings is 2. The second-order valence-electron chi connectivity index (χ2n) is 6.19. The zero-order chi connectivity index (χ0) is 20.7. The van der Waals surface area contributed by atoms with Crippen LogP contribution in [0.4, 0.5) is 0 Å². The van der Waals surface area contributed by atoms with Gasteiger partial charge in [-0.2, -0.15) is 0 Å². The summed E-state index contributed by atoms with van der Waals surface area (Å²) in [5.41, 5.74) is 1.10. The van der Waals surface area contributed by atoms with E-state index in [0.717, 1.165) is 5.56 Å². The van der Waals surface area contributed by atoms with E-state index >= 15 is 0 Å². The second-order valence-corrected chi connectivity index (χ2v) is 6.19. The van der Waals surface area contributed by atoms with Gasteiger partial charge in [-0.15, -0.1) is 0 Å². The van der Waals surface area contributed by atoms with Gasteiger partial charge in [0, 0.05) is 6.61 Å². The summed E-state index contributed by atoms with van der Waals surface area (Å²) in [5, 5.41) is 49.3. The molecule has 2 rings (SSSR count). The Bertz CT molecular complexity index is 777. The van der Waals surface area contributed by atoms with E-state index in [-0.39, 0.29) is 35.4 Å². The van der Waals surface area contributed by atoms with E-state index in [1.807, 2.05) is 0 Å². The number of hydrogen-bond donors (Lipinski definition) is 5. The average Bonchev–Trinajstić information content (AvgIpc) is 2.71. The SMILES string of the molecule is COc1cc([C@@H](O)[C@H](CO)Oc2c(O)cc(CCCO)cc2OC)ccc1O. The van der Waals surface area contributed by atoms with Gasteiger partial charge in [0.15, 0.2) is 29.1 Å². The van der Waals surface area contributed by atoms with E-state index in [9.17, 15) is 20.4 Å². The smallest absolute Gasteiger partial charge is 0.203 e. The Kier molecular flexibility index (Phi) is 7.74. The van der Waals surface area contributed by atoms with Gasteiger partial charge < -0.3 is 39.7 Å². The van der Waals surface area contributed by atoms with Crippen molar-refractivity contribution in [2.45, 2.75) is 25.0 Å². The van der Waals surface area contributed by atoms with E-state index in [1.54, 1.807) is 6.07 Å². The van der Waals surface area contributed by atoms with Crippen LogP contribution in [0.5, 0.6) is 28.7 Å². The number of aliphatic hydroxyl groups is 3. The van der Waals surface area contributed by atoms with Crippen molar-refractivity contribution in [3.05, 3.63) is 41.5 Å². The topological polar surface area (TPSA) is 129 Å². The molecule has 0 spiro atoms. The Morgan fingerprint density at radius 1 is 0.929 bits per heavy atom. The lowest BCUT2D eigenvalue weighted by molar-refractivity contribution is -0.00173. The molecule has 0 saturated heterocycles. The van der Waals surface area contributed by atoms with Gasteiger partial charge in [0.1, 0.15) is 6.10 Å². The molecule has 0 aliphatic rings. The van der Waals surface area contributed by atoms with Gasteiger partial charge in [0.05, 0.1) is 20.8 Å². The van der Waals surface area contributed by atoms with Gasteiger partial charge in [-0.1, -0.05) is 6.07 Å². The van der Waals surface area contributed by atoms with Crippen molar-refractivity contribution >= 4 is 0 Å². The van der Waals surface area contributed by atoms with Crippen LogP contribution in [0.2, 0.25) is 0 Å². The van der Waals surface area contributed by atoms with Crippen LogP contribution in [-0.2, 0) is 6.42 Å². The molecule has 154 valence electrons. The number of rotatable bonds is 10. The van der Waals surface area contributed by atoms with Crippen LogP contribution in [0.3, 0.4) is 0 Å². The molecule has 0 heterocycles. The molecule has 0 aromatic heterocycles. The van der Waals surface area contributed by atoms with Gasteiger partial charge in [-0.3, -0.25) is 0 Å². The minimum atomic E-state index is -1.27. The first kappa shape index (κ1) is 21.6. The highest BCUT2D eigenvalue weighted by atomic mass is 16.5. The zero-order valence-electron chi connectivity index (χ0n) is 15.8. The van der Waals surface area contributed by atoms with Crippen molar-refractivity contribution in [2.24, 2.45) is 0 Å². The Hall–Kier alpha value is -2.68. The summed E-state index contributed by atoms with van der Waals surface area (Å²) in [6, 6.07) is 7.41. The molecule has 8 heteroatoms. The summed E-state index contributed by atoms with van der Waals surface area (Å²) in [6.45, 7) is -0.518. The van der Waals surface area contributed by atoms with E-state index in [4.69, 9.17) is 19.3 Å². The molecule has 0 unspecified atom stereocenters. The quantitative estimate of drug-likeness (QED) is 0.410. The highest BCUT2D eigenvalue weighted by Crippen LogP contribution is 2.40. The lowest BCUT2D eigenvalue weighted by atomic mass is 10.0. The molecular formula is C20H26O8. The van der Waals surface area contributed by atoms with Crippen molar-refractivity contribution in [1.82, 2.24) is 0 Å². The average molecular weight is 394 g/mol. The number of methoxy groups -OCH3 is 2. The minimum absolute atomic E-state index is 0.0147. The third kappa shape index (κ3) is 4.98. The molecule has 0 bridgehead atoms. The Labute approximate surface area is 163 Å². The van der Waals surface area contributed by atoms with Gasteiger partial charge in [-0.25, -0.2) is 0 Å². The lowest BCUT2D eigenvalue weighted by Crippen LogP contribution is -2.29. The third-order valence-electron chi connectivity index (χ3n) is 4.29. The third-order valence-corrected chi connectivity index (χ3v) is 4.29. The van der Waals surface area contributed by atoms with Crippen LogP contribution in [0.15, 0.2) is 30.3 Å². The first-order valence-electron chi connectivity index (χ1n) is 8.78. The predicted molar refractivity (Wildman–Crippen MR) is 101 cm³/mol. The number of aryl methyl sites for hydroxylation is 1. The number of aliphatic hydroxyl groups excluding tert-OH is 3. The zero-order valence-corrected chi connectivity index (χ0v) is 15.8. The summed E-state index contributed by atoms with van der Waals surface area (Å²) < 4.78 is 16.0. The van der Waals surface area contributed by atoms with Gasteiger partial charge in [-0.05, 0) is 48.2 Å². The molecule has 0 saturated carbocycles. The summed E-state index contributed by atoms with van der Waals surface area (Å²) in [6.07, 6.45) is -1.31. The van der Waals surface area contributed by atoms with Crippen LogP contribution in [0, 0.1) is 0 Å². The number of ether oxygens (including phenoxy) is 3. The molecule has 0 aliphatic carbocycles. The van der Waals surface area contributed by atoms with E-state index < -0.39 is 18.8 Å². The predicted octanol–water partition coefficient (Wildman–Crippen LogP) is 1.51. The van der Waals surface area contributed by atoms with Crippen molar-refractivity contribution in [2.75, 3.05) is 27.4 Å². The maximum Gasteiger partial charge on any atom is 0.203 e. The van der Waals surface area contributed by atoms with Gasteiger partial charge in [0.2, 0.25) is 5.75 Å². The maximum absolute atomic E-state index is 10.6. The number of hydrogen-bond acceptors (Lipinski definition) is 8. The van der Waals surface area contributed by atoms with Crippen LogP contribution in [0.25, 0.3) is 0 Å². The van der Waals surface area contributed by atoms with E-state index in [0.29, 0.717) is 18.4 Å². The molecule has 0 aliphatic heterocycles. The molecule has 8 nitrogen and oxygen atoms in total. The molecule has 2 aromatic rings. The van der Waals surface area contributed by atoms with Crippen molar-refractivity contribution in [3.8, 4) is 28.7 Å². The lowest BCUT2D eigenvalue weighted by Gasteiger charge is -2.25. The Morgan fingerprint density at radius 2 is 1.64 bits per heavy atom. The first-order chi connectivity index (χ1) is 13.4. The van der Waals surface area contributed by atoms with Crippen molar-refractivity contribution in [3.63, 3.8) is 0 Å². The molecule has 0 fully saturated rings. The van der Waals surface area contributed by atoms with Crippen LogP contribution in [-0.4, -0.2) is 59.1 Å².